The number of halogens is 1. The molecule has 0 saturated carbocycles. The van der Waals surface area contributed by atoms with Gasteiger partial charge in [0, 0.05) is 18.8 Å². The zero-order chi connectivity index (χ0) is 22.1. The van der Waals surface area contributed by atoms with Gasteiger partial charge in [-0.3, -0.25) is 0 Å². The van der Waals surface area contributed by atoms with E-state index in [1.165, 1.54) is 6.26 Å². The Morgan fingerprint density at radius 2 is 1.88 bits per heavy atom. The third-order valence-corrected chi connectivity index (χ3v) is 4.50. The number of nitrogens with zero attached hydrogens (tertiary/aromatic N) is 2. The fourth-order valence-corrected chi connectivity index (χ4v) is 2.77. The Balaban J connectivity index is 0.00000363. The van der Waals surface area contributed by atoms with Gasteiger partial charge in [-0.15, -0.1) is 24.0 Å². The molecule has 1 atom stereocenters. The minimum atomic E-state index is -1.15. The van der Waals surface area contributed by atoms with Crippen LogP contribution in [0.2, 0.25) is 0 Å². The summed E-state index contributed by atoms with van der Waals surface area (Å²) in [4.78, 5) is 8.90. The molecule has 3 N–H and O–H groups in total. The lowest BCUT2D eigenvalue weighted by atomic mass is 10.0. The van der Waals surface area contributed by atoms with E-state index in [-0.39, 0.29) is 30.5 Å². The highest BCUT2D eigenvalue weighted by molar-refractivity contribution is 14.0. The molecule has 1 unspecified atom stereocenters. The van der Waals surface area contributed by atoms with Gasteiger partial charge in [0.25, 0.3) is 0 Å². The summed E-state index contributed by atoms with van der Waals surface area (Å²) in [5, 5.41) is 16.9. The highest BCUT2D eigenvalue weighted by Gasteiger charge is 2.26. The fourth-order valence-electron chi connectivity index (χ4n) is 2.77. The van der Waals surface area contributed by atoms with E-state index in [9.17, 15) is 5.11 Å². The Bertz CT molecular complexity index is 959. The van der Waals surface area contributed by atoms with Gasteiger partial charge < -0.3 is 29.6 Å². The molecule has 0 saturated heterocycles. The van der Waals surface area contributed by atoms with Gasteiger partial charge >= 0.3 is 0 Å². The van der Waals surface area contributed by atoms with Crippen LogP contribution >= 0.6 is 24.0 Å². The molecule has 172 valence electrons. The molecule has 1 aromatic carbocycles. The summed E-state index contributed by atoms with van der Waals surface area (Å²) in [6.07, 6.45) is 3.27. The van der Waals surface area contributed by atoms with Crippen molar-refractivity contribution in [3.8, 4) is 17.4 Å². The van der Waals surface area contributed by atoms with Crippen LogP contribution in [0.5, 0.6) is 17.4 Å². The number of pyridine rings is 1. The Kier molecular flexibility index (Phi) is 9.79. The number of hydrogen-bond donors (Lipinski definition) is 3. The van der Waals surface area contributed by atoms with Crippen LogP contribution < -0.4 is 20.1 Å². The number of aliphatic imine (C=N–C) groups is 1. The summed E-state index contributed by atoms with van der Waals surface area (Å²) in [6, 6.07) is 14.5. The van der Waals surface area contributed by atoms with Crippen molar-refractivity contribution in [1.29, 1.82) is 0 Å². The molecule has 32 heavy (non-hydrogen) atoms. The van der Waals surface area contributed by atoms with Crippen LogP contribution in [0.15, 0.2) is 70.4 Å². The van der Waals surface area contributed by atoms with Crippen molar-refractivity contribution in [2.24, 2.45) is 4.99 Å². The first-order chi connectivity index (χ1) is 15.0. The zero-order valence-corrected chi connectivity index (χ0v) is 20.7. The summed E-state index contributed by atoms with van der Waals surface area (Å²) in [6.45, 7) is 5.04. The summed E-state index contributed by atoms with van der Waals surface area (Å²) < 4.78 is 16.2. The number of methoxy groups -OCH3 is 1. The average molecular weight is 552 g/mol. The predicted octanol–water partition coefficient (Wildman–Crippen LogP) is 4.06. The first kappa shape index (κ1) is 25.5. The summed E-state index contributed by atoms with van der Waals surface area (Å²) in [5.41, 5.74) is -0.223. The maximum absolute atomic E-state index is 10.6. The van der Waals surface area contributed by atoms with E-state index in [0.29, 0.717) is 36.4 Å². The smallest absolute Gasteiger partial charge is 0.219 e. The maximum atomic E-state index is 10.6. The summed E-state index contributed by atoms with van der Waals surface area (Å²) >= 11 is 0. The Hall–Kier alpha value is -2.79. The maximum Gasteiger partial charge on any atom is 0.219 e. The molecule has 0 radical (unpaired) electrons. The molecule has 0 aliphatic carbocycles. The third-order valence-electron chi connectivity index (χ3n) is 4.50. The fraction of sp³-hybridized carbons (Fsp3) is 0.304. The van der Waals surface area contributed by atoms with Crippen molar-refractivity contribution in [3.63, 3.8) is 0 Å². The number of aliphatic hydroxyl groups is 1. The number of benzene rings is 1. The molecule has 9 heteroatoms. The second-order valence-corrected chi connectivity index (χ2v) is 7.08. The van der Waals surface area contributed by atoms with Crippen molar-refractivity contribution >= 4 is 29.9 Å². The number of furan rings is 1. The molecule has 0 aliphatic heterocycles. The SMILES string of the molecule is CCNC(=NCc1ccc(Oc2ccc(OC)cc2)nc1)NCC(C)(O)c1ccco1.I. The van der Waals surface area contributed by atoms with Crippen molar-refractivity contribution < 1.29 is 19.0 Å². The minimum absolute atomic E-state index is 0. The molecule has 0 amide bonds. The molecule has 0 spiro atoms. The van der Waals surface area contributed by atoms with Crippen molar-refractivity contribution in [2.75, 3.05) is 20.2 Å². The van der Waals surface area contributed by atoms with Gasteiger partial charge in [0.05, 0.1) is 26.5 Å². The van der Waals surface area contributed by atoms with Gasteiger partial charge in [0.2, 0.25) is 5.88 Å². The van der Waals surface area contributed by atoms with E-state index in [2.05, 4.69) is 20.6 Å². The lowest BCUT2D eigenvalue weighted by Crippen LogP contribution is -2.44. The molecule has 2 aromatic heterocycles. The van der Waals surface area contributed by atoms with Crippen molar-refractivity contribution in [2.45, 2.75) is 26.0 Å². The second-order valence-electron chi connectivity index (χ2n) is 7.08. The lowest BCUT2D eigenvalue weighted by Gasteiger charge is -2.22. The number of ether oxygens (including phenoxy) is 2. The first-order valence-corrected chi connectivity index (χ1v) is 10.1. The van der Waals surface area contributed by atoms with Crippen LogP contribution in [-0.4, -0.2) is 36.2 Å². The quantitative estimate of drug-likeness (QED) is 0.209. The summed E-state index contributed by atoms with van der Waals surface area (Å²) in [5.74, 6) is 3.03. The van der Waals surface area contributed by atoms with Crippen LogP contribution in [0.1, 0.15) is 25.2 Å². The van der Waals surface area contributed by atoms with Gasteiger partial charge in [0.1, 0.15) is 22.9 Å². The number of nitrogens with one attached hydrogen (secondary N) is 2. The van der Waals surface area contributed by atoms with E-state index in [4.69, 9.17) is 13.9 Å². The molecule has 0 bridgehead atoms. The van der Waals surface area contributed by atoms with Crippen molar-refractivity contribution in [1.82, 2.24) is 15.6 Å². The van der Waals surface area contributed by atoms with Crippen LogP contribution in [-0.2, 0) is 12.1 Å². The molecular formula is C23H29IN4O4. The standard InChI is InChI=1S/C23H28N4O4.HI/c1-4-24-22(27-16-23(2,28)20-6-5-13-30-20)26-15-17-7-12-21(25-14-17)31-19-10-8-18(29-3)9-11-19;/h5-14,28H,4,15-16H2,1-3H3,(H2,24,26,27);1H. The normalized spacial score (nSPS) is 12.9. The molecule has 3 aromatic rings. The minimum Gasteiger partial charge on any atom is -0.497 e. The first-order valence-electron chi connectivity index (χ1n) is 10.1. The number of hydrogen-bond acceptors (Lipinski definition) is 6. The van der Waals surface area contributed by atoms with E-state index in [1.54, 1.807) is 38.4 Å². The van der Waals surface area contributed by atoms with Gasteiger partial charge in [-0.2, -0.15) is 0 Å². The average Bonchev–Trinajstić information content (AvgIpc) is 3.33. The Labute approximate surface area is 205 Å². The number of rotatable bonds is 9. The molecular weight excluding hydrogens is 523 g/mol. The van der Waals surface area contributed by atoms with Crippen LogP contribution in [0.3, 0.4) is 0 Å². The number of aromatic nitrogens is 1. The molecule has 2 heterocycles. The van der Waals surface area contributed by atoms with E-state index in [0.717, 1.165) is 11.3 Å². The molecule has 0 fully saturated rings. The van der Waals surface area contributed by atoms with Crippen molar-refractivity contribution in [3.05, 3.63) is 72.3 Å². The van der Waals surface area contributed by atoms with Gasteiger partial charge in [-0.25, -0.2) is 9.98 Å². The van der Waals surface area contributed by atoms with E-state index < -0.39 is 5.60 Å². The Morgan fingerprint density at radius 1 is 1.12 bits per heavy atom. The van der Waals surface area contributed by atoms with Crippen LogP contribution in [0.25, 0.3) is 0 Å². The second kappa shape index (κ2) is 12.3. The monoisotopic (exact) mass is 552 g/mol. The Morgan fingerprint density at radius 3 is 2.47 bits per heavy atom. The zero-order valence-electron chi connectivity index (χ0n) is 18.4. The van der Waals surface area contributed by atoms with E-state index >= 15 is 0 Å². The molecule has 0 aliphatic rings. The predicted molar refractivity (Wildman–Crippen MR) is 134 cm³/mol. The number of guanidine groups is 1. The van der Waals surface area contributed by atoms with Gasteiger partial charge in [-0.1, -0.05) is 6.07 Å². The molecule has 3 rings (SSSR count). The highest BCUT2D eigenvalue weighted by atomic mass is 127. The molecule has 8 nitrogen and oxygen atoms in total. The topological polar surface area (TPSA) is 101 Å². The van der Waals surface area contributed by atoms with Gasteiger partial charge in [0.15, 0.2) is 5.96 Å². The lowest BCUT2D eigenvalue weighted by molar-refractivity contribution is 0.0386. The third kappa shape index (κ3) is 7.41. The highest BCUT2D eigenvalue weighted by Crippen LogP contribution is 2.22. The van der Waals surface area contributed by atoms with Gasteiger partial charge in [-0.05, 0) is 55.8 Å². The summed E-state index contributed by atoms with van der Waals surface area (Å²) in [7, 11) is 1.62. The van der Waals surface area contributed by atoms with E-state index in [1.807, 2.05) is 37.3 Å². The van der Waals surface area contributed by atoms with Crippen LogP contribution in [0.4, 0.5) is 0 Å². The van der Waals surface area contributed by atoms with Crippen LogP contribution in [0, 0.1) is 0 Å². The largest absolute Gasteiger partial charge is 0.497 e.